The Morgan fingerprint density at radius 1 is 1.39 bits per heavy atom. The molecule has 1 heterocycles. The molecule has 1 aromatic heterocycles. The lowest BCUT2D eigenvalue weighted by atomic mass is 10.1. The number of rotatable bonds is 3. The number of H-pyrrole nitrogens is 1. The molecule has 2 rings (SSSR count). The van der Waals surface area contributed by atoms with Crippen LogP contribution in [0, 0.1) is 6.92 Å². The molecule has 0 amide bonds. The zero-order valence-corrected chi connectivity index (χ0v) is 10.1. The first-order chi connectivity index (χ1) is 8.56. The summed E-state index contributed by atoms with van der Waals surface area (Å²) >= 11 is 0. The van der Waals surface area contributed by atoms with Gasteiger partial charge in [-0.15, -0.1) is 0 Å². The number of aromatic amines is 1. The number of nitrogens with one attached hydrogen (secondary N) is 1. The van der Waals surface area contributed by atoms with Crippen LogP contribution in [0.3, 0.4) is 0 Å². The van der Waals surface area contributed by atoms with Crippen LogP contribution in [0.5, 0.6) is 11.5 Å². The Morgan fingerprint density at radius 2 is 2.17 bits per heavy atom. The molecule has 0 spiro atoms. The van der Waals surface area contributed by atoms with Crippen LogP contribution in [0.25, 0.3) is 0 Å². The minimum atomic E-state index is -0.419. The van der Waals surface area contributed by atoms with Crippen LogP contribution in [-0.4, -0.2) is 15.8 Å². The van der Waals surface area contributed by atoms with Gasteiger partial charge in [0, 0.05) is 5.56 Å². The molecule has 2 aromatic rings. The Balaban J connectivity index is 2.31. The van der Waals surface area contributed by atoms with Crippen molar-refractivity contribution in [2.75, 3.05) is 0 Å². The molecule has 5 nitrogen and oxygen atoms in total. The fraction of sp³-hybridized carbons (Fsp3) is 0.154. The molecule has 18 heavy (non-hydrogen) atoms. The molecule has 0 atom stereocenters. The largest absolute Gasteiger partial charge is 0.454 e. The maximum absolute atomic E-state index is 11.2. The minimum absolute atomic E-state index is 0.0308. The molecular weight excluding hydrogens is 232 g/mol. The highest BCUT2D eigenvalue weighted by Crippen LogP contribution is 2.22. The third-order valence-electron chi connectivity index (χ3n) is 2.43. The highest BCUT2D eigenvalue weighted by Gasteiger charge is 2.05. The molecule has 0 saturated heterocycles. The molecule has 92 valence electrons. The van der Waals surface area contributed by atoms with E-state index in [0.29, 0.717) is 22.8 Å². The van der Waals surface area contributed by atoms with E-state index in [-0.39, 0.29) is 5.78 Å². The number of Topliss-reactive ketones (excluding diaryl/α,β-unsaturated/α-hetero) is 1. The van der Waals surface area contributed by atoms with Gasteiger partial charge in [0.2, 0.25) is 0 Å². The SMILES string of the molecule is CC(=O)c1cccc(Oc2cnc(=O)[nH]c2C)c1. The molecule has 1 N–H and O–H groups in total. The number of carbonyl (C=O) groups is 1. The number of ketones is 1. The van der Waals surface area contributed by atoms with E-state index in [2.05, 4.69) is 9.97 Å². The van der Waals surface area contributed by atoms with Gasteiger partial charge >= 0.3 is 5.69 Å². The molecule has 5 heteroatoms. The maximum Gasteiger partial charge on any atom is 0.345 e. The third-order valence-corrected chi connectivity index (χ3v) is 2.43. The molecule has 0 aliphatic carbocycles. The van der Waals surface area contributed by atoms with Crippen molar-refractivity contribution in [2.24, 2.45) is 0 Å². The van der Waals surface area contributed by atoms with Gasteiger partial charge in [0.05, 0.1) is 11.9 Å². The monoisotopic (exact) mass is 244 g/mol. The van der Waals surface area contributed by atoms with Gasteiger partial charge < -0.3 is 9.72 Å². The van der Waals surface area contributed by atoms with Crippen molar-refractivity contribution in [3.8, 4) is 11.5 Å². The number of aromatic nitrogens is 2. The van der Waals surface area contributed by atoms with E-state index >= 15 is 0 Å². The Morgan fingerprint density at radius 3 is 2.83 bits per heavy atom. The van der Waals surface area contributed by atoms with Crippen LogP contribution >= 0.6 is 0 Å². The number of hydrogen-bond acceptors (Lipinski definition) is 4. The predicted molar refractivity (Wildman–Crippen MR) is 66.1 cm³/mol. The van der Waals surface area contributed by atoms with Crippen LogP contribution < -0.4 is 10.4 Å². The van der Waals surface area contributed by atoms with Crippen molar-refractivity contribution in [1.29, 1.82) is 0 Å². The zero-order valence-electron chi connectivity index (χ0n) is 10.1. The van der Waals surface area contributed by atoms with Gasteiger partial charge in [0.15, 0.2) is 11.5 Å². The van der Waals surface area contributed by atoms with E-state index in [1.807, 2.05) is 0 Å². The van der Waals surface area contributed by atoms with E-state index in [9.17, 15) is 9.59 Å². The average molecular weight is 244 g/mol. The summed E-state index contributed by atoms with van der Waals surface area (Å²) in [4.78, 5) is 28.3. The topological polar surface area (TPSA) is 72.0 Å². The summed E-state index contributed by atoms with van der Waals surface area (Å²) in [6.07, 6.45) is 1.36. The number of ether oxygens (including phenoxy) is 1. The van der Waals surface area contributed by atoms with Crippen molar-refractivity contribution < 1.29 is 9.53 Å². The molecule has 0 unspecified atom stereocenters. The van der Waals surface area contributed by atoms with Crippen LogP contribution in [-0.2, 0) is 0 Å². The molecule has 0 fully saturated rings. The number of aryl methyl sites for hydroxylation is 1. The summed E-state index contributed by atoms with van der Waals surface area (Å²) in [5, 5.41) is 0. The van der Waals surface area contributed by atoms with Crippen molar-refractivity contribution in [3.05, 3.63) is 52.2 Å². The molecular formula is C13H12N2O3. The molecule has 0 bridgehead atoms. The van der Waals surface area contributed by atoms with Crippen molar-refractivity contribution >= 4 is 5.78 Å². The van der Waals surface area contributed by atoms with Crippen LogP contribution in [0.2, 0.25) is 0 Å². The second-order valence-electron chi connectivity index (χ2n) is 3.86. The van der Waals surface area contributed by atoms with Crippen LogP contribution in [0.4, 0.5) is 0 Å². The quantitative estimate of drug-likeness (QED) is 0.839. The summed E-state index contributed by atoms with van der Waals surface area (Å²) in [5.41, 5.74) is 0.739. The number of benzene rings is 1. The number of carbonyl (C=O) groups excluding carboxylic acids is 1. The highest BCUT2D eigenvalue weighted by atomic mass is 16.5. The predicted octanol–water partition coefficient (Wildman–Crippen LogP) is 2.07. The molecule has 1 aromatic carbocycles. The third kappa shape index (κ3) is 2.63. The van der Waals surface area contributed by atoms with E-state index < -0.39 is 5.69 Å². The highest BCUT2D eigenvalue weighted by molar-refractivity contribution is 5.94. The Labute approximate surface area is 103 Å². The van der Waals surface area contributed by atoms with Crippen LogP contribution in [0.1, 0.15) is 23.0 Å². The Bertz CT molecular complexity index is 647. The lowest BCUT2D eigenvalue weighted by Crippen LogP contribution is -2.11. The normalized spacial score (nSPS) is 10.1. The van der Waals surface area contributed by atoms with Crippen molar-refractivity contribution in [2.45, 2.75) is 13.8 Å². The molecule has 0 aliphatic heterocycles. The lowest BCUT2D eigenvalue weighted by molar-refractivity contribution is 0.101. The fourth-order valence-corrected chi connectivity index (χ4v) is 1.48. The number of hydrogen-bond donors (Lipinski definition) is 1. The van der Waals surface area contributed by atoms with E-state index in [1.165, 1.54) is 13.1 Å². The van der Waals surface area contributed by atoms with Crippen molar-refractivity contribution in [3.63, 3.8) is 0 Å². The first-order valence-corrected chi connectivity index (χ1v) is 5.41. The second-order valence-corrected chi connectivity index (χ2v) is 3.86. The zero-order chi connectivity index (χ0) is 13.1. The first-order valence-electron chi connectivity index (χ1n) is 5.41. The van der Waals surface area contributed by atoms with Gasteiger partial charge in [-0.2, -0.15) is 4.98 Å². The Hall–Kier alpha value is -2.43. The number of nitrogens with zero attached hydrogens (tertiary/aromatic N) is 1. The second kappa shape index (κ2) is 4.83. The maximum atomic E-state index is 11.2. The Kier molecular flexibility index (Phi) is 3.23. The standard InChI is InChI=1S/C13H12N2O3/c1-8-12(7-14-13(17)15-8)18-11-5-3-4-10(6-11)9(2)16/h3-7H,1-2H3,(H,14,15,17). The molecule has 0 radical (unpaired) electrons. The minimum Gasteiger partial charge on any atom is -0.454 e. The molecule has 0 aliphatic rings. The fourth-order valence-electron chi connectivity index (χ4n) is 1.48. The average Bonchev–Trinajstić information content (AvgIpc) is 2.33. The summed E-state index contributed by atoms with van der Waals surface area (Å²) in [6, 6.07) is 6.83. The summed E-state index contributed by atoms with van der Waals surface area (Å²) < 4.78 is 5.57. The van der Waals surface area contributed by atoms with E-state index in [1.54, 1.807) is 31.2 Å². The van der Waals surface area contributed by atoms with Gasteiger partial charge in [-0.05, 0) is 26.0 Å². The summed E-state index contributed by atoms with van der Waals surface area (Å²) in [5.74, 6) is 0.951. The van der Waals surface area contributed by atoms with E-state index in [0.717, 1.165) is 0 Å². The summed E-state index contributed by atoms with van der Waals surface area (Å²) in [7, 11) is 0. The lowest BCUT2D eigenvalue weighted by Gasteiger charge is -2.08. The van der Waals surface area contributed by atoms with Gasteiger partial charge in [-0.25, -0.2) is 4.79 Å². The smallest absolute Gasteiger partial charge is 0.345 e. The van der Waals surface area contributed by atoms with Gasteiger partial charge in [-0.3, -0.25) is 4.79 Å². The van der Waals surface area contributed by atoms with Crippen LogP contribution in [0.15, 0.2) is 35.3 Å². The van der Waals surface area contributed by atoms with Crippen molar-refractivity contribution in [1.82, 2.24) is 9.97 Å². The van der Waals surface area contributed by atoms with Gasteiger partial charge in [-0.1, -0.05) is 12.1 Å². The first kappa shape index (κ1) is 12.0. The molecule has 0 saturated carbocycles. The van der Waals surface area contributed by atoms with E-state index in [4.69, 9.17) is 4.74 Å². The van der Waals surface area contributed by atoms with Gasteiger partial charge in [0.25, 0.3) is 0 Å². The summed E-state index contributed by atoms with van der Waals surface area (Å²) in [6.45, 7) is 3.21. The van der Waals surface area contributed by atoms with Gasteiger partial charge in [0.1, 0.15) is 5.75 Å².